The summed E-state index contributed by atoms with van der Waals surface area (Å²) in [6.07, 6.45) is 5.14. The van der Waals surface area contributed by atoms with Crippen molar-refractivity contribution < 1.29 is 10.2 Å². The Hall–Kier alpha value is -2.62. The van der Waals surface area contributed by atoms with Crippen LogP contribution in [0.3, 0.4) is 0 Å². The quantitative estimate of drug-likeness (QED) is 0.764. The minimum absolute atomic E-state index is 0.163. The Kier molecular flexibility index (Phi) is 6.36. The van der Waals surface area contributed by atoms with Gasteiger partial charge in [-0.25, -0.2) is 0 Å². The number of para-hydroxylation sites is 2. The molecule has 4 nitrogen and oxygen atoms in total. The predicted molar refractivity (Wildman–Crippen MR) is 95.0 cm³/mol. The highest BCUT2D eigenvalue weighted by Gasteiger charge is 2.03. The molecule has 2 rings (SSSR count). The molecule has 0 fully saturated rings. The zero-order chi connectivity index (χ0) is 16.5. The molecular weight excluding hydrogens is 288 g/mol. The van der Waals surface area contributed by atoms with E-state index in [1.165, 1.54) is 0 Å². The van der Waals surface area contributed by atoms with E-state index in [0.29, 0.717) is 6.54 Å². The van der Waals surface area contributed by atoms with Gasteiger partial charge in [-0.15, -0.1) is 0 Å². The van der Waals surface area contributed by atoms with Crippen molar-refractivity contribution in [2.75, 3.05) is 6.54 Å². The van der Waals surface area contributed by atoms with Gasteiger partial charge < -0.3 is 10.2 Å². The topological polar surface area (TPSA) is 65.2 Å². The third-order valence-electron chi connectivity index (χ3n) is 3.59. The van der Waals surface area contributed by atoms with Crippen molar-refractivity contribution in [2.24, 2.45) is 9.98 Å². The maximum atomic E-state index is 9.72. The molecular formula is C19H22N2O2. The first-order valence-corrected chi connectivity index (χ1v) is 7.79. The van der Waals surface area contributed by atoms with Gasteiger partial charge in [0, 0.05) is 30.1 Å². The maximum Gasteiger partial charge on any atom is 0.124 e. The maximum absolute atomic E-state index is 9.72. The molecule has 2 N–H and O–H groups in total. The molecule has 0 spiro atoms. The number of benzene rings is 2. The van der Waals surface area contributed by atoms with E-state index in [2.05, 4.69) is 16.9 Å². The number of rotatable bonds is 7. The molecule has 0 bridgehead atoms. The van der Waals surface area contributed by atoms with Gasteiger partial charge in [0.2, 0.25) is 0 Å². The van der Waals surface area contributed by atoms with Gasteiger partial charge in [-0.05, 0) is 37.1 Å². The third-order valence-corrected chi connectivity index (χ3v) is 3.59. The molecule has 4 heteroatoms. The average Bonchev–Trinajstić information content (AvgIpc) is 2.57. The first-order valence-electron chi connectivity index (χ1n) is 7.79. The summed E-state index contributed by atoms with van der Waals surface area (Å²) in [6, 6.07) is 14.4. The summed E-state index contributed by atoms with van der Waals surface area (Å²) in [5.41, 5.74) is 1.45. The van der Waals surface area contributed by atoms with Crippen molar-refractivity contribution in [1.82, 2.24) is 0 Å². The summed E-state index contributed by atoms with van der Waals surface area (Å²) < 4.78 is 0. The van der Waals surface area contributed by atoms with E-state index in [0.717, 1.165) is 24.0 Å². The first-order chi connectivity index (χ1) is 11.2. The Bertz CT molecular complexity index is 681. The van der Waals surface area contributed by atoms with Crippen LogP contribution in [0.5, 0.6) is 11.5 Å². The van der Waals surface area contributed by atoms with Crippen LogP contribution < -0.4 is 0 Å². The normalized spacial score (nSPS) is 12.9. The van der Waals surface area contributed by atoms with Crippen molar-refractivity contribution in [2.45, 2.75) is 25.8 Å². The highest BCUT2D eigenvalue weighted by molar-refractivity contribution is 5.83. The van der Waals surface area contributed by atoms with Crippen LogP contribution in [0.4, 0.5) is 0 Å². The predicted octanol–water partition coefficient (Wildman–Crippen LogP) is 3.80. The summed E-state index contributed by atoms with van der Waals surface area (Å²) in [6.45, 7) is 2.73. The molecule has 0 amide bonds. The monoisotopic (exact) mass is 310 g/mol. The summed E-state index contributed by atoms with van der Waals surface area (Å²) in [4.78, 5) is 8.88. The Balaban J connectivity index is 1.88. The molecule has 0 saturated carbocycles. The molecule has 23 heavy (non-hydrogen) atoms. The van der Waals surface area contributed by atoms with Crippen molar-refractivity contribution in [1.29, 1.82) is 0 Å². The molecule has 120 valence electrons. The van der Waals surface area contributed by atoms with Crippen LogP contribution in [0.25, 0.3) is 0 Å². The Morgan fingerprint density at radius 3 is 2.04 bits per heavy atom. The summed E-state index contributed by atoms with van der Waals surface area (Å²) in [7, 11) is 0. The second-order valence-corrected chi connectivity index (χ2v) is 5.28. The summed E-state index contributed by atoms with van der Waals surface area (Å²) >= 11 is 0. The lowest BCUT2D eigenvalue weighted by Gasteiger charge is -2.08. The van der Waals surface area contributed by atoms with E-state index in [1.807, 2.05) is 24.3 Å². The molecule has 1 atom stereocenters. The Morgan fingerprint density at radius 2 is 1.48 bits per heavy atom. The fourth-order valence-electron chi connectivity index (χ4n) is 2.15. The SMILES string of the molecule is CC[C@@H](CCN=Cc1ccccc1O)N=Cc1ccccc1O. The van der Waals surface area contributed by atoms with Gasteiger partial charge in [0.25, 0.3) is 0 Å². The largest absolute Gasteiger partial charge is 0.507 e. The molecule has 2 aromatic carbocycles. The van der Waals surface area contributed by atoms with Gasteiger partial charge in [0.05, 0.1) is 6.04 Å². The molecule has 0 aliphatic carbocycles. The number of hydrogen-bond acceptors (Lipinski definition) is 4. The molecule has 0 aliphatic rings. The number of aliphatic imine (C=N–C) groups is 2. The van der Waals surface area contributed by atoms with Crippen LogP contribution in [-0.4, -0.2) is 35.2 Å². The van der Waals surface area contributed by atoms with Crippen LogP contribution in [0, 0.1) is 0 Å². The number of nitrogens with zero attached hydrogens (tertiary/aromatic N) is 2. The number of aromatic hydroxyl groups is 2. The van der Waals surface area contributed by atoms with E-state index in [-0.39, 0.29) is 17.5 Å². The lowest BCUT2D eigenvalue weighted by Crippen LogP contribution is -2.05. The summed E-state index contributed by atoms with van der Waals surface area (Å²) in [5.74, 6) is 0.476. The molecule has 0 aliphatic heterocycles. The summed E-state index contributed by atoms with van der Waals surface area (Å²) in [5, 5.41) is 19.4. The van der Waals surface area contributed by atoms with E-state index in [1.54, 1.807) is 36.7 Å². The molecule has 0 unspecified atom stereocenters. The van der Waals surface area contributed by atoms with Gasteiger partial charge in [-0.3, -0.25) is 9.98 Å². The van der Waals surface area contributed by atoms with Gasteiger partial charge in [-0.2, -0.15) is 0 Å². The van der Waals surface area contributed by atoms with E-state index in [4.69, 9.17) is 0 Å². The van der Waals surface area contributed by atoms with E-state index < -0.39 is 0 Å². The molecule has 0 radical (unpaired) electrons. The van der Waals surface area contributed by atoms with Gasteiger partial charge in [0.1, 0.15) is 11.5 Å². The van der Waals surface area contributed by atoms with Gasteiger partial charge in [0.15, 0.2) is 0 Å². The zero-order valence-electron chi connectivity index (χ0n) is 13.3. The second kappa shape index (κ2) is 8.73. The fraction of sp³-hybridized carbons (Fsp3) is 0.263. The van der Waals surface area contributed by atoms with Gasteiger partial charge in [-0.1, -0.05) is 31.2 Å². The van der Waals surface area contributed by atoms with Crippen molar-refractivity contribution >= 4 is 12.4 Å². The van der Waals surface area contributed by atoms with Crippen molar-refractivity contribution in [3.63, 3.8) is 0 Å². The third kappa shape index (κ3) is 5.25. The Morgan fingerprint density at radius 1 is 0.913 bits per heavy atom. The number of phenolic OH excluding ortho intramolecular Hbond substituents is 2. The first kappa shape index (κ1) is 16.7. The molecule has 2 aromatic rings. The average molecular weight is 310 g/mol. The van der Waals surface area contributed by atoms with E-state index >= 15 is 0 Å². The van der Waals surface area contributed by atoms with Gasteiger partial charge >= 0.3 is 0 Å². The minimum atomic E-state index is 0.163. The van der Waals surface area contributed by atoms with Crippen LogP contribution in [0.1, 0.15) is 30.9 Å². The molecule has 0 aromatic heterocycles. The number of phenols is 2. The van der Waals surface area contributed by atoms with Crippen LogP contribution in [-0.2, 0) is 0 Å². The van der Waals surface area contributed by atoms with Crippen molar-refractivity contribution in [3.8, 4) is 11.5 Å². The molecule has 0 heterocycles. The Labute approximate surface area is 136 Å². The minimum Gasteiger partial charge on any atom is -0.507 e. The lowest BCUT2D eigenvalue weighted by molar-refractivity contribution is 0.474. The zero-order valence-corrected chi connectivity index (χ0v) is 13.3. The van der Waals surface area contributed by atoms with Crippen LogP contribution in [0.2, 0.25) is 0 Å². The highest BCUT2D eigenvalue weighted by Crippen LogP contribution is 2.15. The number of hydrogen-bond donors (Lipinski definition) is 2. The van der Waals surface area contributed by atoms with Crippen molar-refractivity contribution in [3.05, 3.63) is 59.7 Å². The highest BCUT2D eigenvalue weighted by atomic mass is 16.3. The lowest BCUT2D eigenvalue weighted by atomic mass is 10.1. The van der Waals surface area contributed by atoms with Crippen LogP contribution in [0.15, 0.2) is 58.5 Å². The fourth-order valence-corrected chi connectivity index (χ4v) is 2.15. The van der Waals surface area contributed by atoms with E-state index in [9.17, 15) is 10.2 Å². The van der Waals surface area contributed by atoms with Crippen LogP contribution >= 0.6 is 0 Å². The second-order valence-electron chi connectivity index (χ2n) is 5.28. The standard InChI is InChI=1S/C19H22N2O2/c1-2-17(21-14-16-8-4-6-10-19(16)23)11-12-20-13-15-7-3-5-9-18(15)22/h3-10,13-14,17,22-23H,2,11-12H2,1H3/t17-/m0/s1. The smallest absolute Gasteiger partial charge is 0.124 e. The molecule has 0 saturated heterocycles.